The maximum atomic E-state index is 11.5. The standard InChI is InChI=1S/C11H12N4OS2/c1-13-9(16)8-4-2-3-7(5-8)6-17-11-15-14-10(12)18-11/h2-5H,6H2,1H3,(H2,12,14)(H,13,16). The second-order valence-corrected chi connectivity index (χ2v) is 5.71. The van der Waals surface area contributed by atoms with E-state index in [4.69, 9.17) is 5.73 Å². The fraction of sp³-hybridized carbons (Fsp3) is 0.182. The van der Waals surface area contributed by atoms with Gasteiger partial charge in [-0.2, -0.15) is 0 Å². The van der Waals surface area contributed by atoms with Crippen LogP contribution < -0.4 is 11.1 Å². The van der Waals surface area contributed by atoms with Crippen molar-refractivity contribution in [1.82, 2.24) is 15.5 Å². The van der Waals surface area contributed by atoms with E-state index in [2.05, 4.69) is 15.5 Å². The number of hydrogen-bond acceptors (Lipinski definition) is 6. The largest absolute Gasteiger partial charge is 0.374 e. The Labute approximate surface area is 113 Å². The maximum absolute atomic E-state index is 11.5. The van der Waals surface area contributed by atoms with Gasteiger partial charge in [-0.15, -0.1) is 10.2 Å². The highest BCUT2D eigenvalue weighted by Gasteiger charge is 2.06. The summed E-state index contributed by atoms with van der Waals surface area (Å²) < 4.78 is 0.831. The van der Waals surface area contributed by atoms with E-state index in [0.717, 1.165) is 15.7 Å². The highest BCUT2D eigenvalue weighted by Crippen LogP contribution is 2.26. The van der Waals surface area contributed by atoms with Gasteiger partial charge in [-0.25, -0.2) is 0 Å². The normalized spacial score (nSPS) is 10.3. The summed E-state index contributed by atoms with van der Waals surface area (Å²) in [5.74, 6) is 0.654. The highest BCUT2D eigenvalue weighted by molar-refractivity contribution is 8.00. The summed E-state index contributed by atoms with van der Waals surface area (Å²) in [5.41, 5.74) is 7.23. The molecule has 2 rings (SSSR count). The van der Waals surface area contributed by atoms with Crippen LogP contribution in [-0.2, 0) is 5.75 Å². The number of carbonyl (C=O) groups is 1. The number of nitrogens with one attached hydrogen (secondary N) is 1. The monoisotopic (exact) mass is 280 g/mol. The number of nitrogen functional groups attached to an aromatic ring is 1. The lowest BCUT2D eigenvalue weighted by atomic mass is 10.1. The van der Waals surface area contributed by atoms with Crippen LogP contribution in [0.25, 0.3) is 0 Å². The van der Waals surface area contributed by atoms with Gasteiger partial charge in [0.2, 0.25) is 5.13 Å². The van der Waals surface area contributed by atoms with Crippen molar-refractivity contribution < 1.29 is 4.79 Å². The third-order valence-corrected chi connectivity index (χ3v) is 4.16. The summed E-state index contributed by atoms with van der Waals surface area (Å²) >= 11 is 2.92. The minimum Gasteiger partial charge on any atom is -0.374 e. The van der Waals surface area contributed by atoms with Crippen molar-refractivity contribution in [1.29, 1.82) is 0 Å². The Bertz CT molecular complexity index is 555. The van der Waals surface area contributed by atoms with Gasteiger partial charge in [-0.05, 0) is 17.7 Å². The van der Waals surface area contributed by atoms with Gasteiger partial charge >= 0.3 is 0 Å². The van der Waals surface area contributed by atoms with E-state index < -0.39 is 0 Å². The first kappa shape index (κ1) is 12.8. The first-order valence-corrected chi connectivity index (χ1v) is 7.02. The SMILES string of the molecule is CNC(=O)c1cccc(CSc2nnc(N)s2)c1. The molecule has 5 nitrogen and oxygen atoms in total. The zero-order valence-electron chi connectivity index (χ0n) is 9.71. The number of carbonyl (C=O) groups excluding carboxylic acids is 1. The van der Waals surface area contributed by atoms with Gasteiger partial charge in [0, 0.05) is 18.4 Å². The topological polar surface area (TPSA) is 80.9 Å². The number of aromatic nitrogens is 2. The number of thioether (sulfide) groups is 1. The lowest BCUT2D eigenvalue weighted by Crippen LogP contribution is -2.17. The summed E-state index contributed by atoms with van der Waals surface area (Å²) in [6.07, 6.45) is 0. The molecule has 7 heteroatoms. The third-order valence-electron chi connectivity index (χ3n) is 2.20. The van der Waals surface area contributed by atoms with Crippen LogP contribution in [0.4, 0.5) is 5.13 Å². The first-order valence-electron chi connectivity index (χ1n) is 5.22. The molecular weight excluding hydrogens is 268 g/mol. The molecule has 0 radical (unpaired) electrons. The Hall–Kier alpha value is -1.60. The fourth-order valence-corrected chi connectivity index (χ4v) is 2.95. The van der Waals surface area contributed by atoms with Crippen LogP contribution in [0.1, 0.15) is 15.9 Å². The van der Waals surface area contributed by atoms with Gasteiger partial charge in [0.15, 0.2) is 4.34 Å². The Kier molecular flexibility index (Phi) is 4.16. The number of benzene rings is 1. The predicted octanol–water partition coefficient (Wildman–Crippen LogP) is 1.77. The molecule has 0 spiro atoms. The average Bonchev–Trinajstić information content (AvgIpc) is 2.81. The van der Waals surface area contributed by atoms with Crippen molar-refractivity contribution in [2.24, 2.45) is 0 Å². The molecule has 1 aromatic heterocycles. The van der Waals surface area contributed by atoms with E-state index in [1.54, 1.807) is 24.9 Å². The molecule has 1 aromatic carbocycles. The van der Waals surface area contributed by atoms with Crippen LogP contribution in [0, 0.1) is 0 Å². The number of amides is 1. The molecule has 2 aromatic rings. The van der Waals surface area contributed by atoms with Crippen LogP contribution in [0.3, 0.4) is 0 Å². The minimum absolute atomic E-state index is 0.0815. The summed E-state index contributed by atoms with van der Waals surface area (Å²) in [7, 11) is 1.62. The van der Waals surface area contributed by atoms with Gasteiger partial charge < -0.3 is 11.1 Å². The first-order chi connectivity index (χ1) is 8.69. The Morgan fingerprint density at radius 2 is 2.33 bits per heavy atom. The molecule has 0 aliphatic rings. The molecular formula is C11H12N4OS2. The van der Waals surface area contributed by atoms with Crippen molar-refractivity contribution in [3.63, 3.8) is 0 Å². The van der Waals surface area contributed by atoms with E-state index >= 15 is 0 Å². The number of anilines is 1. The van der Waals surface area contributed by atoms with Gasteiger partial charge in [0.25, 0.3) is 5.91 Å². The van der Waals surface area contributed by atoms with Gasteiger partial charge in [-0.1, -0.05) is 35.2 Å². The summed E-state index contributed by atoms with van der Waals surface area (Å²) in [6, 6.07) is 7.50. The van der Waals surface area contributed by atoms with Crippen LogP contribution in [-0.4, -0.2) is 23.2 Å². The third kappa shape index (κ3) is 3.21. The fourth-order valence-electron chi connectivity index (χ4n) is 1.37. The molecule has 1 heterocycles. The number of nitrogens with zero attached hydrogens (tertiary/aromatic N) is 2. The van der Waals surface area contributed by atoms with Crippen molar-refractivity contribution in [3.05, 3.63) is 35.4 Å². The Balaban J connectivity index is 2.03. The molecule has 0 bridgehead atoms. The maximum Gasteiger partial charge on any atom is 0.251 e. The molecule has 0 aliphatic heterocycles. The van der Waals surface area contributed by atoms with Crippen molar-refractivity contribution in [3.8, 4) is 0 Å². The van der Waals surface area contributed by atoms with Crippen LogP contribution in [0.15, 0.2) is 28.6 Å². The molecule has 0 atom stereocenters. The van der Waals surface area contributed by atoms with Crippen molar-refractivity contribution in [2.75, 3.05) is 12.8 Å². The number of hydrogen-bond donors (Lipinski definition) is 2. The van der Waals surface area contributed by atoms with Crippen LogP contribution in [0.2, 0.25) is 0 Å². The zero-order chi connectivity index (χ0) is 13.0. The number of nitrogens with two attached hydrogens (primary N) is 1. The van der Waals surface area contributed by atoms with E-state index in [1.807, 2.05) is 18.2 Å². The van der Waals surface area contributed by atoms with Crippen molar-refractivity contribution in [2.45, 2.75) is 10.1 Å². The van der Waals surface area contributed by atoms with Crippen LogP contribution in [0.5, 0.6) is 0 Å². The highest BCUT2D eigenvalue weighted by atomic mass is 32.2. The van der Waals surface area contributed by atoms with Crippen molar-refractivity contribution >= 4 is 34.1 Å². The summed E-state index contributed by atoms with van der Waals surface area (Å²) in [5, 5.41) is 10.8. The van der Waals surface area contributed by atoms with Gasteiger partial charge in [0.1, 0.15) is 0 Å². The quantitative estimate of drug-likeness (QED) is 0.834. The molecule has 0 saturated heterocycles. The summed E-state index contributed by atoms with van der Waals surface area (Å²) in [4.78, 5) is 11.5. The second kappa shape index (κ2) is 5.83. The minimum atomic E-state index is -0.0815. The van der Waals surface area contributed by atoms with Gasteiger partial charge in [0.05, 0.1) is 0 Å². The lowest BCUT2D eigenvalue weighted by molar-refractivity contribution is 0.0963. The average molecular weight is 280 g/mol. The van der Waals surface area contributed by atoms with Crippen LogP contribution >= 0.6 is 23.1 Å². The molecule has 3 N–H and O–H groups in total. The predicted molar refractivity (Wildman–Crippen MR) is 73.7 cm³/mol. The zero-order valence-corrected chi connectivity index (χ0v) is 11.3. The molecule has 0 saturated carbocycles. The smallest absolute Gasteiger partial charge is 0.251 e. The molecule has 0 unspecified atom stereocenters. The van der Waals surface area contributed by atoms with E-state index in [-0.39, 0.29) is 5.91 Å². The molecule has 18 heavy (non-hydrogen) atoms. The van der Waals surface area contributed by atoms with Gasteiger partial charge in [-0.3, -0.25) is 4.79 Å². The van der Waals surface area contributed by atoms with E-state index in [9.17, 15) is 4.79 Å². The molecule has 94 valence electrons. The number of rotatable bonds is 4. The second-order valence-electron chi connectivity index (χ2n) is 3.47. The molecule has 1 amide bonds. The summed E-state index contributed by atoms with van der Waals surface area (Å²) in [6.45, 7) is 0. The van der Waals surface area contributed by atoms with E-state index in [0.29, 0.717) is 10.7 Å². The molecule has 0 fully saturated rings. The molecule has 0 aliphatic carbocycles. The van der Waals surface area contributed by atoms with E-state index in [1.165, 1.54) is 11.3 Å². The Morgan fingerprint density at radius 1 is 1.50 bits per heavy atom. The Morgan fingerprint density at radius 3 is 3.00 bits per heavy atom. The lowest BCUT2D eigenvalue weighted by Gasteiger charge is -2.03.